The van der Waals surface area contributed by atoms with E-state index in [1.165, 1.54) is 31.1 Å². The van der Waals surface area contributed by atoms with Gasteiger partial charge in [-0.3, -0.25) is 19.3 Å². The lowest BCUT2D eigenvalue weighted by Gasteiger charge is -2.52. The summed E-state index contributed by atoms with van der Waals surface area (Å²) in [5, 5.41) is 53.2. The number of ketones is 2. The monoisotopic (exact) mass is 448 g/mol. The number of carbonyl (C=O) groups excluding carboxylic acids is 3. The molecular formula is C20H20N2O8S. The van der Waals surface area contributed by atoms with Gasteiger partial charge in [0.15, 0.2) is 11.4 Å². The molecule has 0 aromatic heterocycles. The first kappa shape index (κ1) is 21.4. The van der Waals surface area contributed by atoms with Crippen molar-refractivity contribution in [2.45, 2.75) is 27.9 Å². The zero-order valence-corrected chi connectivity index (χ0v) is 17.3. The lowest BCUT2D eigenvalue weighted by atomic mass is 9.60. The molecule has 3 aliphatic rings. The molecule has 0 bridgehead atoms. The van der Waals surface area contributed by atoms with Gasteiger partial charge in [0.2, 0.25) is 5.78 Å². The maximum atomic E-state index is 13.5. The van der Waals surface area contributed by atoms with Crippen LogP contribution in [0.15, 0.2) is 40.0 Å². The van der Waals surface area contributed by atoms with Gasteiger partial charge in [0, 0.05) is 4.90 Å². The average molecular weight is 448 g/mol. The van der Waals surface area contributed by atoms with Crippen molar-refractivity contribution in [3.63, 3.8) is 0 Å². The predicted molar refractivity (Wildman–Crippen MR) is 108 cm³/mol. The van der Waals surface area contributed by atoms with Crippen LogP contribution >= 0.6 is 11.8 Å². The van der Waals surface area contributed by atoms with Crippen molar-refractivity contribution in [1.29, 1.82) is 0 Å². The average Bonchev–Trinajstić information content (AvgIpc) is 2.67. The number of thioether (sulfide) groups is 1. The van der Waals surface area contributed by atoms with Crippen LogP contribution in [0.25, 0.3) is 5.76 Å². The molecule has 1 amide bonds. The molecule has 1 aromatic carbocycles. The van der Waals surface area contributed by atoms with Crippen molar-refractivity contribution >= 4 is 35.0 Å². The Morgan fingerprint density at radius 2 is 1.84 bits per heavy atom. The Morgan fingerprint density at radius 3 is 2.42 bits per heavy atom. The number of aliphatic hydroxyl groups is 4. The number of phenols is 1. The number of Topliss-reactive ketones (excluding diaryl/α,β-unsaturated/α-hetero) is 2. The third-order valence-electron chi connectivity index (χ3n) is 6.04. The zero-order valence-electron chi connectivity index (χ0n) is 16.4. The summed E-state index contributed by atoms with van der Waals surface area (Å²) in [5.74, 6) is -7.28. The lowest BCUT2D eigenvalue weighted by molar-refractivity contribution is -0.162. The van der Waals surface area contributed by atoms with Gasteiger partial charge in [0.05, 0.1) is 34.5 Å². The summed E-state index contributed by atoms with van der Waals surface area (Å²) in [6, 6.07) is 3.02. The molecule has 0 saturated heterocycles. The summed E-state index contributed by atoms with van der Waals surface area (Å²) in [6.45, 7) is 0. The van der Waals surface area contributed by atoms with Crippen molar-refractivity contribution in [3.8, 4) is 5.75 Å². The number of phenolic OH excluding ortho intramolecular Hbond substituents is 1. The van der Waals surface area contributed by atoms with E-state index in [0.29, 0.717) is 4.90 Å². The van der Waals surface area contributed by atoms with E-state index in [9.17, 15) is 39.9 Å². The number of primary amides is 1. The van der Waals surface area contributed by atoms with Gasteiger partial charge in [-0.2, -0.15) is 0 Å². The first-order valence-corrected chi connectivity index (χ1v) is 10.1. The minimum Gasteiger partial charge on any atom is -0.508 e. The summed E-state index contributed by atoms with van der Waals surface area (Å²) >= 11 is 0.969. The number of fused-ring (bicyclic) bond motifs is 3. The molecule has 1 aromatic rings. The van der Waals surface area contributed by atoms with Gasteiger partial charge in [0.25, 0.3) is 5.91 Å². The minimum atomic E-state index is -2.89. The Labute approximate surface area is 180 Å². The predicted octanol–water partition coefficient (Wildman–Crippen LogP) is -0.763. The number of nitrogens with two attached hydrogens (primary N) is 1. The molecule has 2 aliphatic carbocycles. The highest BCUT2D eigenvalue weighted by Crippen LogP contribution is 2.54. The molecule has 5 atom stereocenters. The molecule has 0 spiro atoms. The van der Waals surface area contributed by atoms with Crippen molar-refractivity contribution in [1.82, 2.24) is 4.90 Å². The molecule has 1 aliphatic heterocycles. The van der Waals surface area contributed by atoms with Crippen molar-refractivity contribution < 1.29 is 39.9 Å². The first-order valence-electron chi connectivity index (χ1n) is 9.26. The second-order valence-corrected chi connectivity index (χ2v) is 9.11. The summed E-state index contributed by atoms with van der Waals surface area (Å²) < 4.78 is 0. The van der Waals surface area contributed by atoms with Crippen molar-refractivity contribution in [2.24, 2.45) is 11.7 Å². The number of likely N-dealkylation sites (N-methyl/N-ethyl adjacent to an activating group) is 1. The molecule has 4 rings (SSSR count). The number of carbonyl (C=O) groups is 3. The number of amides is 1. The van der Waals surface area contributed by atoms with E-state index in [0.717, 1.165) is 11.8 Å². The summed E-state index contributed by atoms with van der Waals surface area (Å²) in [6.07, 6.45) is -1.60. The van der Waals surface area contributed by atoms with Crippen LogP contribution in [0.4, 0.5) is 0 Å². The van der Waals surface area contributed by atoms with Crippen molar-refractivity contribution in [2.75, 3.05) is 14.1 Å². The van der Waals surface area contributed by atoms with E-state index in [2.05, 4.69) is 0 Å². The summed E-state index contributed by atoms with van der Waals surface area (Å²) in [5.41, 5.74) is 0.902. The molecule has 164 valence electrons. The summed E-state index contributed by atoms with van der Waals surface area (Å²) in [4.78, 5) is 40.0. The number of nitrogens with zero attached hydrogens (tertiary/aromatic N) is 1. The fourth-order valence-electron chi connectivity index (χ4n) is 4.68. The van der Waals surface area contributed by atoms with Crippen LogP contribution in [0.3, 0.4) is 0 Å². The topological polar surface area (TPSA) is 182 Å². The molecule has 1 fully saturated rings. The zero-order chi connectivity index (χ0) is 23.0. The SMILES string of the molecule is CN(C)[C@@H]1C(=O)C(C(N)=O)=C(O)[C@@]2(O)C(=O)C3=C(O)c4c(O)cccc4SC3C(O)C12. The number of benzene rings is 1. The Hall–Kier alpha value is -2.86. The van der Waals surface area contributed by atoms with E-state index < -0.39 is 69.1 Å². The molecule has 7 N–H and O–H groups in total. The largest absolute Gasteiger partial charge is 0.508 e. The van der Waals surface area contributed by atoms with Gasteiger partial charge in [-0.25, -0.2) is 0 Å². The van der Waals surface area contributed by atoms with Crippen LogP contribution in [-0.4, -0.2) is 85.0 Å². The second-order valence-electron chi connectivity index (χ2n) is 7.92. The van der Waals surface area contributed by atoms with E-state index in [1.807, 2.05) is 0 Å². The van der Waals surface area contributed by atoms with E-state index in [1.54, 1.807) is 6.07 Å². The number of hydrogen-bond acceptors (Lipinski definition) is 10. The second kappa shape index (κ2) is 6.82. The van der Waals surface area contributed by atoms with Crippen LogP contribution in [0.2, 0.25) is 0 Å². The van der Waals surface area contributed by atoms with Gasteiger partial charge in [-0.05, 0) is 26.2 Å². The smallest absolute Gasteiger partial charge is 0.255 e. The Kier molecular flexibility index (Phi) is 4.70. The van der Waals surface area contributed by atoms with Gasteiger partial charge in [-0.1, -0.05) is 6.07 Å². The first-order chi connectivity index (χ1) is 14.4. The number of hydrogen-bond donors (Lipinski definition) is 6. The molecule has 11 heteroatoms. The maximum Gasteiger partial charge on any atom is 0.255 e. The molecule has 3 unspecified atom stereocenters. The fraction of sp³-hybridized carbons (Fsp3) is 0.350. The van der Waals surface area contributed by atoms with Gasteiger partial charge < -0.3 is 31.3 Å². The highest BCUT2D eigenvalue weighted by atomic mass is 32.2. The van der Waals surface area contributed by atoms with E-state index >= 15 is 0 Å². The molecular weight excluding hydrogens is 428 g/mol. The number of aliphatic hydroxyl groups excluding tert-OH is 3. The highest BCUT2D eigenvalue weighted by molar-refractivity contribution is 8.00. The molecule has 31 heavy (non-hydrogen) atoms. The molecule has 10 nitrogen and oxygen atoms in total. The van der Waals surface area contributed by atoms with Crippen LogP contribution in [0.1, 0.15) is 5.56 Å². The third-order valence-corrected chi connectivity index (χ3v) is 7.40. The number of rotatable bonds is 2. The van der Waals surface area contributed by atoms with E-state index in [-0.39, 0.29) is 11.3 Å². The lowest BCUT2D eigenvalue weighted by Crippen LogP contribution is -2.70. The normalized spacial score (nSPS) is 32.7. The molecule has 1 saturated carbocycles. The summed E-state index contributed by atoms with van der Waals surface area (Å²) in [7, 11) is 2.90. The Balaban J connectivity index is 2.03. The quantitative estimate of drug-likeness (QED) is 0.315. The van der Waals surface area contributed by atoms with Gasteiger partial charge in [-0.15, -0.1) is 11.8 Å². The van der Waals surface area contributed by atoms with Crippen LogP contribution < -0.4 is 5.73 Å². The third kappa shape index (κ3) is 2.61. The number of aromatic hydroxyl groups is 1. The van der Waals surface area contributed by atoms with E-state index in [4.69, 9.17) is 5.73 Å². The minimum absolute atomic E-state index is 0.0593. The standard InChI is InChI=1S/C20H20N2O8S/c1-22(2)12-11-15(26)16-9(13(24)8-6(23)4-3-5-7(8)31-16)17(27)20(11,30)18(28)10(14(12)25)19(21)29/h3-5,11-12,15-16,23-24,26,28,30H,1-2H3,(H2,21,29)/t11?,12-,15?,16?,20-/m0/s1. The van der Waals surface area contributed by atoms with Gasteiger partial charge in [0.1, 0.15) is 22.8 Å². The molecule has 0 radical (unpaired) electrons. The Morgan fingerprint density at radius 1 is 1.19 bits per heavy atom. The Bertz CT molecular complexity index is 1110. The molecule has 1 heterocycles. The van der Waals surface area contributed by atoms with Crippen LogP contribution in [0, 0.1) is 5.92 Å². The maximum absolute atomic E-state index is 13.5. The fourth-order valence-corrected chi connectivity index (χ4v) is 6.08. The van der Waals surface area contributed by atoms with Crippen LogP contribution in [0.5, 0.6) is 5.75 Å². The van der Waals surface area contributed by atoms with Gasteiger partial charge >= 0.3 is 0 Å². The highest BCUT2D eigenvalue weighted by Gasteiger charge is 2.67. The van der Waals surface area contributed by atoms with Crippen molar-refractivity contribution in [3.05, 3.63) is 40.7 Å². The van der Waals surface area contributed by atoms with Crippen LogP contribution in [-0.2, 0) is 14.4 Å².